The van der Waals surface area contributed by atoms with Gasteiger partial charge in [0.1, 0.15) is 11.6 Å². The highest BCUT2D eigenvalue weighted by Crippen LogP contribution is 2.42. The molecular formula is C27H32FN5O2. The van der Waals surface area contributed by atoms with Crippen LogP contribution in [0.2, 0.25) is 0 Å². The number of nitrogens with zero attached hydrogens (tertiary/aromatic N) is 3. The number of aromatic nitrogens is 2. The maximum atomic E-state index is 14.5. The summed E-state index contributed by atoms with van der Waals surface area (Å²) in [6.07, 6.45) is 5.74. The van der Waals surface area contributed by atoms with Crippen molar-refractivity contribution in [3.8, 4) is 17.0 Å². The number of hydrogen-bond donors (Lipinski definition) is 3. The number of amides is 1. The van der Waals surface area contributed by atoms with Crippen molar-refractivity contribution >= 4 is 22.5 Å². The van der Waals surface area contributed by atoms with Gasteiger partial charge in [0.25, 0.3) is 5.91 Å². The standard InChI is InChI=1S/C27H32FN5O2/c1-26-8-5-9-27(2,32-26)15-18(14-26)33(4)24-7-6-22(30-31-24)20-11-16-12-21(28)19(25(35)29-3)10-17(16)13-23(20)34/h6-7,10-13,18,32,34H,5,8-9,14-15H2,1-4H3,(H,29,35)/t18-,26-,27+. The molecule has 8 heteroatoms. The van der Waals surface area contributed by atoms with Crippen LogP contribution in [0, 0.1) is 5.82 Å². The van der Waals surface area contributed by atoms with Gasteiger partial charge in [-0.3, -0.25) is 4.79 Å². The molecule has 0 aliphatic carbocycles. The largest absolute Gasteiger partial charge is 0.507 e. The first-order valence-corrected chi connectivity index (χ1v) is 12.1. The quantitative estimate of drug-likeness (QED) is 0.516. The van der Waals surface area contributed by atoms with E-state index in [-0.39, 0.29) is 22.4 Å². The van der Waals surface area contributed by atoms with Gasteiger partial charge in [0, 0.05) is 36.8 Å². The first-order chi connectivity index (χ1) is 16.6. The van der Waals surface area contributed by atoms with Crippen LogP contribution in [-0.2, 0) is 0 Å². The molecule has 7 nitrogen and oxygen atoms in total. The molecule has 35 heavy (non-hydrogen) atoms. The number of halogens is 1. The summed E-state index contributed by atoms with van der Waals surface area (Å²) in [5.74, 6) is -0.355. The average Bonchev–Trinajstić information content (AvgIpc) is 2.81. The molecule has 2 bridgehead atoms. The highest BCUT2D eigenvalue weighted by molar-refractivity contribution is 6.00. The summed E-state index contributed by atoms with van der Waals surface area (Å²) < 4.78 is 14.5. The summed E-state index contributed by atoms with van der Waals surface area (Å²) in [6, 6.07) is 10.0. The van der Waals surface area contributed by atoms with Crippen LogP contribution < -0.4 is 15.5 Å². The van der Waals surface area contributed by atoms with Crippen LogP contribution in [0.1, 0.15) is 56.3 Å². The number of nitrogens with one attached hydrogen (secondary N) is 2. The summed E-state index contributed by atoms with van der Waals surface area (Å²) in [7, 11) is 3.52. The Labute approximate surface area is 204 Å². The van der Waals surface area contributed by atoms with E-state index in [2.05, 4.69) is 46.6 Å². The van der Waals surface area contributed by atoms with E-state index < -0.39 is 11.7 Å². The molecule has 5 rings (SSSR count). The Morgan fingerprint density at radius 1 is 1.11 bits per heavy atom. The fourth-order valence-electron chi connectivity index (χ4n) is 6.08. The minimum Gasteiger partial charge on any atom is -0.507 e. The molecule has 0 radical (unpaired) electrons. The zero-order chi connectivity index (χ0) is 25.0. The van der Waals surface area contributed by atoms with E-state index in [9.17, 15) is 14.3 Å². The number of carbonyl (C=O) groups is 1. The Morgan fingerprint density at radius 2 is 1.80 bits per heavy atom. The molecule has 2 saturated heterocycles. The molecule has 3 heterocycles. The smallest absolute Gasteiger partial charge is 0.254 e. The lowest BCUT2D eigenvalue weighted by Crippen LogP contribution is -2.66. The van der Waals surface area contributed by atoms with E-state index >= 15 is 0 Å². The van der Waals surface area contributed by atoms with Gasteiger partial charge < -0.3 is 20.6 Å². The second kappa shape index (κ2) is 8.45. The van der Waals surface area contributed by atoms with Crippen LogP contribution in [0.25, 0.3) is 22.0 Å². The van der Waals surface area contributed by atoms with Crippen molar-refractivity contribution in [1.29, 1.82) is 0 Å². The minimum atomic E-state index is -0.620. The molecule has 184 valence electrons. The first-order valence-electron chi connectivity index (χ1n) is 12.1. The van der Waals surface area contributed by atoms with E-state index in [4.69, 9.17) is 0 Å². The molecule has 0 saturated carbocycles. The van der Waals surface area contributed by atoms with Crippen LogP contribution >= 0.6 is 0 Å². The number of rotatable bonds is 4. The number of anilines is 1. The van der Waals surface area contributed by atoms with Crippen LogP contribution in [0.3, 0.4) is 0 Å². The molecule has 2 fully saturated rings. The summed E-state index contributed by atoms with van der Waals surface area (Å²) in [5.41, 5.74) is 1.17. The highest BCUT2D eigenvalue weighted by atomic mass is 19.1. The van der Waals surface area contributed by atoms with E-state index in [0.29, 0.717) is 28.1 Å². The fourth-order valence-corrected chi connectivity index (χ4v) is 6.08. The molecule has 0 spiro atoms. The number of carbonyl (C=O) groups excluding carboxylic acids is 1. The second-order valence-corrected chi connectivity index (χ2v) is 10.7. The van der Waals surface area contributed by atoms with Crippen LogP contribution in [0.4, 0.5) is 10.2 Å². The molecule has 3 N–H and O–H groups in total. The van der Waals surface area contributed by atoms with Crippen molar-refractivity contribution in [2.75, 3.05) is 19.0 Å². The monoisotopic (exact) mass is 477 g/mol. The molecule has 2 aromatic carbocycles. The zero-order valence-corrected chi connectivity index (χ0v) is 20.7. The number of fused-ring (bicyclic) bond motifs is 3. The van der Waals surface area contributed by atoms with Crippen LogP contribution in [-0.4, -0.2) is 52.4 Å². The summed E-state index contributed by atoms with van der Waals surface area (Å²) in [6.45, 7) is 4.64. The third kappa shape index (κ3) is 4.31. The SMILES string of the molecule is CNC(=O)c1cc2cc(O)c(-c3ccc(N(C)[C@H]4C[C@]5(C)CCC[C@](C)(C4)N5)nn3)cc2cc1F. The predicted octanol–water partition coefficient (Wildman–Crippen LogP) is 4.39. The van der Waals surface area contributed by atoms with Gasteiger partial charge in [-0.2, -0.15) is 0 Å². The number of hydrogen-bond acceptors (Lipinski definition) is 6. The van der Waals surface area contributed by atoms with E-state index in [1.54, 1.807) is 6.07 Å². The number of aromatic hydroxyl groups is 1. The van der Waals surface area contributed by atoms with Gasteiger partial charge in [-0.25, -0.2) is 4.39 Å². The maximum absolute atomic E-state index is 14.5. The van der Waals surface area contributed by atoms with Crippen molar-refractivity contribution in [2.24, 2.45) is 0 Å². The molecule has 2 aliphatic heterocycles. The van der Waals surface area contributed by atoms with Crippen molar-refractivity contribution in [3.63, 3.8) is 0 Å². The van der Waals surface area contributed by atoms with E-state index in [1.807, 2.05) is 12.1 Å². The van der Waals surface area contributed by atoms with Gasteiger partial charge in [-0.1, -0.05) is 0 Å². The minimum absolute atomic E-state index is 0.00519. The van der Waals surface area contributed by atoms with E-state index in [1.165, 1.54) is 44.5 Å². The Balaban J connectivity index is 1.41. The maximum Gasteiger partial charge on any atom is 0.254 e. The Hall–Kier alpha value is -3.26. The molecule has 3 aromatic rings. The Kier molecular flexibility index (Phi) is 5.67. The lowest BCUT2D eigenvalue weighted by atomic mass is 9.69. The molecular weight excluding hydrogens is 445 g/mol. The fraction of sp³-hybridized carbons (Fsp3) is 0.444. The lowest BCUT2D eigenvalue weighted by Gasteiger charge is -2.55. The molecule has 3 atom stereocenters. The average molecular weight is 478 g/mol. The second-order valence-electron chi connectivity index (χ2n) is 10.7. The van der Waals surface area contributed by atoms with Gasteiger partial charge >= 0.3 is 0 Å². The zero-order valence-electron chi connectivity index (χ0n) is 20.7. The number of piperidine rings is 2. The van der Waals surface area contributed by atoms with Crippen LogP contribution in [0.5, 0.6) is 5.75 Å². The van der Waals surface area contributed by atoms with Crippen molar-refractivity contribution in [1.82, 2.24) is 20.8 Å². The number of benzene rings is 2. The van der Waals surface area contributed by atoms with Gasteiger partial charge in [-0.15, -0.1) is 10.2 Å². The van der Waals surface area contributed by atoms with Crippen molar-refractivity contribution in [2.45, 2.75) is 63.1 Å². The number of phenolic OH excluding ortho intramolecular Hbond substituents is 1. The van der Waals surface area contributed by atoms with Gasteiger partial charge in [0.05, 0.1) is 11.3 Å². The number of phenols is 1. The van der Waals surface area contributed by atoms with Crippen molar-refractivity contribution < 1.29 is 14.3 Å². The summed E-state index contributed by atoms with van der Waals surface area (Å²) in [4.78, 5) is 14.1. The predicted molar refractivity (Wildman–Crippen MR) is 135 cm³/mol. The normalized spacial score (nSPS) is 25.9. The molecule has 1 aromatic heterocycles. The highest BCUT2D eigenvalue weighted by Gasteiger charge is 2.46. The topological polar surface area (TPSA) is 90.4 Å². The van der Waals surface area contributed by atoms with Crippen LogP contribution in [0.15, 0.2) is 36.4 Å². The summed E-state index contributed by atoms with van der Waals surface area (Å²) in [5, 5.41) is 27.0. The van der Waals surface area contributed by atoms with Gasteiger partial charge in [0.15, 0.2) is 5.82 Å². The third-order valence-electron chi connectivity index (χ3n) is 7.78. The van der Waals surface area contributed by atoms with Crippen molar-refractivity contribution in [3.05, 3.63) is 47.8 Å². The molecule has 1 amide bonds. The molecule has 2 aliphatic rings. The lowest BCUT2D eigenvalue weighted by molar-refractivity contribution is 0.0784. The third-order valence-corrected chi connectivity index (χ3v) is 7.78. The Morgan fingerprint density at radius 3 is 2.43 bits per heavy atom. The van der Waals surface area contributed by atoms with E-state index in [0.717, 1.165) is 18.7 Å². The molecule has 0 unspecified atom stereocenters. The first kappa shape index (κ1) is 23.5. The Bertz CT molecular complexity index is 1280. The van der Waals surface area contributed by atoms with Gasteiger partial charge in [0.2, 0.25) is 0 Å². The summed E-state index contributed by atoms with van der Waals surface area (Å²) >= 11 is 0. The van der Waals surface area contributed by atoms with Gasteiger partial charge in [-0.05, 0) is 93.1 Å².